The zero-order valence-corrected chi connectivity index (χ0v) is 9.89. The van der Waals surface area contributed by atoms with Crippen LogP contribution in [0.4, 0.5) is 4.39 Å². The van der Waals surface area contributed by atoms with Gasteiger partial charge in [0.1, 0.15) is 5.82 Å². The molecule has 0 aliphatic carbocycles. The average Bonchev–Trinajstić information content (AvgIpc) is 2.25. The van der Waals surface area contributed by atoms with E-state index in [0.717, 1.165) is 18.5 Å². The van der Waals surface area contributed by atoms with E-state index in [-0.39, 0.29) is 11.9 Å². The highest BCUT2D eigenvalue weighted by atomic mass is 19.1. The minimum Gasteiger partial charge on any atom is -0.310 e. The summed E-state index contributed by atoms with van der Waals surface area (Å²) < 4.78 is 13.8. The highest BCUT2D eigenvalue weighted by molar-refractivity contribution is 5.26. The van der Waals surface area contributed by atoms with E-state index < -0.39 is 0 Å². The molecule has 0 aromatic heterocycles. The monoisotopic (exact) mass is 219 g/mol. The predicted octanol–water partition coefficient (Wildman–Crippen LogP) is 3.20. The number of hydrogen-bond acceptors (Lipinski definition) is 1. The Morgan fingerprint density at radius 3 is 2.81 bits per heavy atom. The van der Waals surface area contributed by atoms with E-state index in [0.29, 0.717) is 12.0 Å². The Morgan fingerprint density at radius 1 is 1.50 bits per heavy atom. The van der Waals surface area contributed by atoms with E-state index in [1.807, 2.05) is 26.0 Å². The molecule has 0 fully saturated rings. The lowest BCUT2D eigenvalue weighted by molar-refractivity contribution is 0.490. The third-order valence-corrected chi connectivity index (χ3v) is 2.56. The fourth-order valence-corrected chi connectivity index (χ4v) is 1.76. The minimum atomic E-state index is -0.150. The van der Waals surface area contributed by atoms with Gasteiger partial charge in [-0.05, 0) is 31.5 Å². The molecule has 1 unspecified atom stereocenters. The van der Waals surface area contributed by atoms with Crippen LogP contribution >= 0.6 is 0 Å². The van der Waals surface area contributed by atoms with Gasteiger partial charge in [-0.1, -0.05) is 19.1 Å². The van der Waals surface area contributed by atoms with E-state index in [4.69, 9.17) is 6.42 Å². The van der Waals surface area contributed by atoms with Crippen LogP contribution in [0, 0.1) is 25.1 Å². The highest BCUT2D eigenvalue weighted by Crippen LogP contribution is 2.22. The first-order chi connectivity index (χ1) is 7.69. The lowest BCUT2D eigenvalue weighted by Crippen LogP contribution is -2.21. The molecule has 2 heteroatoms. The van der Waals surface area contributed by atoms with Gasteiger partial charge in [-0.2, -0.15) is 0 Å². The Hall–Kier alpha value is -1.33. The minimum absolute atomic E-state index is 0.0154. The average molecular weight is 219 g/mol. The summed E-state index contributed by atoms with van der Waals surface area (Å²) in [5.41, 5.74) is 1.65. The van der Waals surface area contributed by atoms with Crippen molar-refractivity contribution in [2.45, 2.75) is 32.7 Å². The van der Waals surface area contributed by atoms with Gasteiger partial charge in [-0.15, -0.1) is 12.3 Å². The number of benzene rings is 1. The van der Waals surface area contributed by atoms with Crippen LogP contribution in [0.25, 0.3) is 0 Å². The Balaban J connectivity index is 2.87. The van der Waals surface area contributed by atoms with E-state index in [9.17, 15) is 4.39 Å². The van der Waals surface area contributed by atoms with Crippen molar-refractivity contribution in [2.75, 3.05) is 6.54 Å². The molecule has 1 aromatic carbocycles. The van der Waals surface area contributed by atoms with Gasteiger partial charge >= 0.3 is 0 Å². The zero-order chi connectivity index (χ0) is 12.0. The molecule has 0 aliphatic rings. The molecule has 16 heavy (non-hydrogen) atoms. The summed E-state index contributed by atoms with van der Waals surface area (Å²) >= 11 is 0. The van der Waals surface area contributed by atoms with Crippen LogP contribution in [0.15, 0.2) is 18.2 Å². The highest BCUT2D eigenvalue weighted by Gasteiger charge is 2.13. The van der Waals surface area contributed by atoms with Crippen LogP contribution in [0.2, 0.25) is 0 Å². The van der Waals surface area contributed by atoms with Crippen LogP contribution < -0.4 is 5.32 Å². The number of nitrogens with one attached hydrogen (secondary N) is 1. The zero-order valence-electron chi connectivity index (χ0n) is 9.89. The number of halogens is 1. The van der Waals surface area contributed by atoms with Crippen molar-refractivity contribution in [3.8, 4) is 12.3 Å². The van der Waals surface area contributed by atoms with Gasteiger partial charge in [-0.25, -0.2) is 4.39 Å². The first-order valence-corrected chi connectivity index (χ1v) is 5.62. The number of hydrogen-bond donors (Lipinski definition) is 1. The quantitative estimate of drug-likeness (QED) is 0.750. The third kappa shape index (κ3) is 3.36. The molecule has 0 radical (unpaired) electrons. The maximum Gasteiger partial charge on any atom is 0.128 e. The van der Waals surface area contributed by atoms with Crippen molar-refractivity contribution >= 4 is 0 Å². The van der Waals surface area contributed by atoms with Crippen molar-refractivity contribution in [1.82, 2.24) is 5.32 Å². The van der Waals surface area contributed by atoms with E-state index in [2.05, 4.69) is 11.2 Å². The van der Waals surface area contributed by atoms with E-state index in [1.165, 1.54) is 0 Å². The first-order valence-electron chi connectivity index (χ1n) is 5.62. The SMILES string of the molecule is C#CCCC(NCC)c1ccc(C)cc1F. The molecule has 0 spiro atoms. The second kappa shape index (κ2) is 6.30. The number of terminal acetylenes is 1. The topological polar surface area (TPSA) is 12.0 Å². The standard InChI is InChI=1S/C14H18FN/c1-4-6-7-14(16-5-2)12-9-8-11(3)10-13(12)15/h1,8-10,14,16H,5-7H2,2-3H3. The maximum absolute atomic E-state index is 13.8. The van der Waals surface area contributed by atoms with E-state index in [1.54, 1.807) is 6.07 Å². The second-order valence-corrected chi connectivity index (χ2v) is 3.88. The molecular formula is C14H18FN. The molecule has 0 saturated carbocycles. The number of rotatable bonds is 5. The van der Waals surface area contributed by atoms with Crippen LogP contribution in [0.1, 0.15) is 36.9 Å². The largest absolute Gasteiger partial charge is 0.310 e. The molecule has 0 heterocycles. The molecule has 1 atom stereocenters. The van der Waals surface area contributed by atoms with Gasteiger partial charge in [0.15, 0.2) is 0 Å². The summed E-state index contributed by atoms with van der Waals surface area (Å²) in [4.78, 5) is 0. The predicted molar refractivity (Wildman–Crippen MR) is 65.6 cm³/mol. The molecule has 1 nitrogen and oxygen atoms in total. The summed E-state index contributed by atoms with van der Waals surface area (Å²) in [6.07, 6.45) is 6.67. The molecule has 1 rings (SSSR count). The molecule has 0 amide bonds. The fraction of sp³-hybridized carbons (Fsp3) is 0.429. The lowest BCUT2D eigenvalue weighted by Gasteiger charge is -2.18. The van der Waals surface area contributed by atoms with Crippen molar-refractivity contribution in [2.24, 2.45) is 0 Å². The van der Waals surface area contributed by atoms with Gasteiger partial charge in [-0.3, -0.25) is 0 Å². The summed E-state index contributed by atoms with van der Waals surface area (Å²) in [5.74, 6) is 2.44. The summed E-state index contributed by atoms with van der Waals surface area (Å²) in [6, 6.07) is 5.35. The second-order valence-electron chi connectivity index (χ2n) is 3.88. The van der Waals surface area contributed by atoms with Crippen LogP contribution in [0.3, 0.4) is 0 Å². The van der Waals surface area contributed by atoms with Crippen LogP contribution in [-0.4, -0.2) is 6.54 Å². The Bertz CT molecular complexity index is 379. The van der Waals surface area contributed by atoms with Gasteiger partial charge in [0.2, 0.25) is 0 Å². The summed E-state index contributed by atoms with van der Waals surface area (Å²) in [7, 11) is 0. The molecule has 0 saturated heterocycles. The maximum atomic E-state index is 13.8. The molecule has 1 aromatic rings. The van der Waals surface area contributed by atoms with Crippen molar-refractivity contribution in [3.63, 3.8) is 0 Å². The molecule has 1 N–H and O–H groups in total. The van der Waals surface area contributed by atoms with Crippen molar-refractivity contribution < 1.29 is 4.39 Å². The van der Waals surface area contributed by atoms with Gasteiger partial charge in [0.25, 0.3) is 0 Å². The molecule has 0 bridgehead atoms. The van der Waals surface area contributed by atoms with Gasteiger partial charge in [0, 0.05) is 18.0 Å². The Morgan fingerprint density at radius 2 is 2.25 bits per heavy atom. The third-order valence-electron chi connectivity index (χ3n) is 2.56. The van der Waals surface area contributed by atoms with Gasteiger partial charge < -0.3 is 5.32 Å². The van der Waals surface area contributed by atoms with Crippen LogP contribution in [0.5, 0.6) is 0 Å². The van der Waals surface area contributed by atoms with Gasteiger partial charge in [0.05, 0.1) is 0 Å². The number of aryl methyl sites for hydroxylation is 1. The first kappa shape index (κ1) is 12.7. The molecular weight excluding hydrogens is 201 g/mol. The summed E-state index contributed by atoms with van der Waals surface area (Å²) in [6.45, 7) is 4.70. The Kier molecular flexibility index (Phi) is 5.01. The molecule has 86 valence electrons. The fourth-order valence-electron chi connectivity index (χ4n) is 1.76. The van der Waals surface area contributed by atoms with Crippen molar-refractivity contribution in [3.05, 3.63) is 35.1 Å². The summed E-state index contributed by atoms with van der Waals surface area (Å²) in [5, 5.41) is 3.26. The lowest BCUT2D eigenvalue weighted by atomic mass is 10.00. The Labute approximate surface area is 97.1 Å². The molecule has 0 aliphatic heterocycles. The van der Waals surface area contributed by atoms with Crippen LogP contribution in [-0.2, 0) is 0 Å². The normalized spacial score (nSPS) is 12.1. The smallest absolute Gasteiger partial charge is 0.128 e. The van der Waals surface area contributed by atoms with Crippen molar-refractivity contribution in [1.29, 1.82) is 0 Å². The van der Waals surface area contributed by atoms with E-state index >= 15 is 0 Å².